The van der Waals surface area contributed by atoms with Crippen LogP contribution in [0.25, 0.3) is 0 Å². The van der Waals surface area contributed by atoms with Crippen LogP contribution in [-0.2, 0) is 4.74 Å². The molecule has 1 saturated heterocycles. The molecule has 1 aliphatic heterocycles. The van der Waals surface area contributed by atoms with Crippen molar-refractivity contribution in [3.63, 3.8) is 0 Å². The molecule has 1 aliphatic rings. The third-order valence-electron chi connectivity index (χ3n) is 3.77. The molecule has 0 aromatic heterocycles. The summed E-state index contributed by atoms with van der Waals surface area (Å²) in [5, 5.41) is 3.41. The third-order valence-corrected chi connectivity index (χ3v) is 3.77. The van der Waals surface area contributed by atoms with Crippen LogP contribution in [0.4, 0.5) is 8.78 Å². The van der Waals surface area contributed by atoms with Crippen molar-refractivity contribution in [3.05, 3.63) is 35.4 Å². The summed E-state index contributed by atoms with van der Waals surface area (Å²) in [7, 11) is 0. The van der Waals surface area contributed by atoms with Crippen LogP contribution in [-0.4, -0.2) is 19.7 Å². The van der Waals surface area contributed by atoms with E-state index in [-0.39, 0.29) is 11.7 Å². The molecule has 2 atom stereocenters. The first-order valence-corrected chi connectivity index (χ1v) is 7.42. The van der Waals surface area contributed by atoms with Crippen molar-refractivity contribution in [2.75, 3.05) is 19.7 Å². The third kappa shape index (κ3) is 4.00. The lowest BCUT2D eigenvalue weighted by Crippen LogP contribution is -2.32. The Morgan fingerprint density at radius 2 is 2.25 bits per heavy atom. The Hall–Kier alpha value is -1.00. The summed E-state index contributed by atoms with van der Waals surface area (Å²) in [4.78, 5) is 0. The van der Waals surface area contributed by atoms with Gasteiger partial charge in [-0.3, -0.25) is 0 Å². The van der Waals surface area contributed by atoms with Crippen molar-refractivity contribution in [1.29, 1.82) is 0 Å². The molecule has 1 heterocycles. The molecule has 1 fully saturated rings. The molecule has 4 heteroatoms. The minimum Gasteiger partial charge on any atom is -0.373 e. The standard InChI is InChI=1S/C16H23F2NO/c1-2-8-19-11-14-7-4-9-20-15(14)12-5-3-6-13(10-12)16(17)18/h3,5-6,10,14-16,19H,2,4,7-9,11H2,1H3. The number of halogens is 2. The highest BCUT2D eigenvalue weighted by molar-refractivity contribution is 5.26. The van der Waals surface area contributed by atoms with Gasteiger partial charge in [-0.2, -0.15) is 0 Å². The summed E-state index contributed by atoms with van der Waals surface area (Å²) in [5.41, 5.74) is 0.961. The Labute approximate surface area is 119 Å². The molecule has 0 aliphatic carbocycles. The van der Waals surface area contributed by atoms with Gasteiger partial charge in [-0.05, 0) is 37.4 Å². The van der Waals surface area contributed by atoms with Crippen LogP contribution in [0.2, 0.25) is 0 Å². The van der Waals surface area contributed by atoms with E-state index in [9.17, 15) is 8.78 Å². The molecular formula is C16H23F2NO. The molecule has 0 bridgehead atoms. The second kappa shape index (κ2) is 7.70. The highest BCUT2D eigenvalue weighted by Gasteiger charge is 2.27. The molecule has 2 rings (SSSR count). The number of alkyl halides is 2. The molecule has 0 spiro atoms. The van der Waals surface area contributed by atoms with Crippen molar-refractivity contribution in [3.8, 4) is 0 Å². The summed E-state index contributed by atoms with van der Waals surface area (Å²) in [6.07, 6.45) is 0.741. The normalized spacial score (nSPS) is 23.2. The summed E-state index contributed by atoms with van der Waals surface area (Å²) in [6, 6.07) is 6.66. The molecule has 1 aromatic rings. The topological polar surface area (TPSA) is 21.3 Å². The summed E-state index contributed by atoms with van der Waals surface area (Å²) >= 11 is 0. The summed E-state index contributed by atoms with van der Waals surface area (Å²) in [6.45, 7) is 4.72. The maximum atomic E-state index is 12.8. The molecule has 0 saturated carbocycles. The van der Waals surface area contributed by atoms with Gasteiger partial charge in [-0.15, -0.1) is 0 Å². The predicted octanol–water partition coefficient (Wildman–Crippen LogP) is 4.09. The molecule has 20 heavy (non-hydrogen) atoms. The van der Waals surface area contributed by atoms with Gasteiger partial charge in [0, 0.05) is 24.6 Å². The molecule has 0 radical (unpaired) electrons. The Bertz CT molecular complexity index is 411. The van der Waals surface area contributed by atoms with Crippen LogP contribution in [0.3, 0.4) is 0 Å². The van der Waals surface area contributed by atoms with Crippen molar-refractivity contribution in [1.82, 2.24) is 5.32 Å². The van der Waals surface area contributed by atoms with E-state index in [1.165, 1.54) is 6.07 Å². The second-order valence-corrected chi connectivity index (χ2v) is 5.37. The number of rotatable bonds is 6. The van der Waals surface area contributed by atoms with Crippen LogP contribution in [0.15, 0.2) is 24.3 Å². The molecule has 2 nitrogen and oxygen atoms in total. The SMILES string of the molecule is CCCNCC1CCCOC1c1cccc(C(F)F)c1. The van der Waals surface area contributed by atoms with Gasteiger partial charge in [0.2, 0.25) is 0 Å². The van der Waals surface area contributed by atoms with Crippen LogP contribution in [0.5, 0.6) is 0 Å². The van der Waals surface area contributed by atoms with Crippen molar-refractivity contribution in [2.24, 2.45) is 5.92 Å². The summed E-state index contributed by atoms with van der Waals surface area (Å²) < 4.78 is 31.5. The lowest BCUT2D eigenvalue weighted by molar-refractivity contribution is -0.0278. The number of nitrogens with one attached hydrogen (secondary N) is 1. The Balaban J connectivity index is 2.08. The molecule has 112 valence electrons. The first-order valence-electron chi connectivity index (χ1n) is 7.42. The van der Waals surface area contributed by atoms with Gasteiger partial charge in [0.25, 0.3) is 6.43 Å². The zero-order valence-corrected chi connectivity index (χ0v) is 11.9. The Kier molecular flexibility index (Phi) is 5.92. The second-order valence-electron chi connectivity index (χ2n) is 5.37. The van der Waals surface area contributed by atoms with Crippen LogP contribution in [0.1, 0.15) is 49.8 Å². The largest absolute Gasteiger partial charge is 0.373 e. The number of ether oxygens (including phenoxy) is 1. The average Bonchev–Trinajstić information content (AvgIpc) is 2.48. The van der Waals surface area contributed by atoms with Gasteiger partial charge in [-0.25, -0.2) is 8.78 Å². The lowest BCUT2D eigenvalue weighted by Gasteiger charge is -2.32. The number of benzene rings is 1. The average molecular weight is 283 g/mol. The van der Waals surface area contributed by atoms with Crippen molar-refractivity contribution < 1.29 is 13.5 Å². The van der Waals surface area contributed by atoms with Crippen LogP contribution < -0.4 is 5.32 Å². The highest BCUT2D eigenvalue weighted by Crippen LogP contribution is 2.34. The lowest BCUT2D eigenvalue weighted by atomic mass is 9.89. The molecule has 2 unspecified atom stereocenters. The van der Waals surface area contributed by atoms with E-state index in [0.29, 0.717) is 12.5 Å². The quantitative estimate of drug-likeness (QED) is 0.794. The van der Waals surface area contributed by atoms with Gasteiger partial charge in [0.1, 0.15) is 0 Å². The number of hydrogen-bond acceptors (Lipinski definition) is 2. The van der Waals surface area contributed by atoms with E-state index in [1.807, 2.05) is 6.07 Å². The fraction of sp³-hybridized carbons (Fsp3) is 0.625. The first kappa shape index (κ1) is 15.4. The van der Waals surface area contributed by atoms with E-state index >= 15 is 0 Å². The number of hydrogen-bond donors (Lipinski definition) is 1. The van der Waals surface area contributed by atoms with E-state index < -0.39 is 6.43 Å². The first-order chi connectivity index (χ1) is 9.72. The molecular weight excluding hydrogens is 260 g/mol. The fourth-order valence-corrected chi connectivity index (χ4v) is 2.76. The van der Waals surface area contributed by atoms with Crippen molar-refractivity contribution >= 4 is 0 Å². The van der Waals surface area contributed by atoms with E-state index in [4.69, 9.17) is 4.74 Å². The van der Waals surface area contributed by atoms with Gasteiger partial charge >= 0.3 is 0 Å². The zero-order valence-electron chi connectivity index (χ0n) is 11.9. The van der Waals surface area contributed by atoms with Crippen LogP contribution in [0, 0.1) is 5.92 Å². The minimum absolute atomic E-state index is 0.0631. The predicted molar refractivity (Wildman–Crippen MR) is 76.0 cm³/mol. The van der Waals surface area contributed by atoms with Gasteiger partial charge < -0.3 is 10.1 Å². The Morgan fingerprint density at radius 3 is 3.00 bits per heavy atom. The van der Waals surface area contributed by atoms with Gasteiger partial charge in [0.05, 0.1) is 6.10 Å². The van der Waals surface area contributed by atoms with Gasteiger partial charge in [0.15, 0.2) is 0 Å². The van der Waals surface area contributed by atoms with Gasteiger partial charge in [-0.1, -0.05) is 25.1 Å². The minimum atomic E-state index is -2.42. The smallest absolute Gasteiger partial charge is 0.263 e. The molecule has 0 amide bonds. The van der Waals surface area contributed by atoms with E-state index in [2.05, 4.69) is 12.2 Å². The fourth-order valence-electron chi connectivity index (χ4n) is 2.76. The Morgan fingerprint density at radius 1 is 1.40 bits per heavy atom. The maximum absolute atomic E-state index is 12.8. The molecule has 1 aromatic carbocycles. The summed E-state index contributed by atoms with van der Waals surface area (Å²) in [5.74, 6) is 0.364. The maximum Gasteiger partial charge on any atom is 0.263 e. The molecule has 1 N–H and O–H groups in total. The monoisotopic (exact) mass is 283 g/mol. The van der Waals surface area contributed by atoms with E-state index in [1.54, 1.807) is 12.1 Å². The zero-order chi connectivity index (χ0) is 14.4. The van der Waals surface area contributed by atoms with Crippen molar-refractivity contribution in [2.45, 2.75) is 38.7 Å². The van der Waals surface area contributed by atoms with Crippen LogP contribution >= 0.6 is 0 Å². The highest BCUT2D eigenvalue weighted by atomic mass is 19.3. The van der Waals surface area contributed by atoms with E-state index in [0.717, 1.165) is 37.9 Å².